The van der Waals surface area contributed by atoms with Gasteiger partial charge in [-0.1, -0.05) is 23.8 Å². The number of rotatable bonds is 2. The van der Waals surface area contributed by atoms with E-state index in [4.69, 9.17) is 0 Å². The van der Waals surface area contributed by atoms with Gasteiger partial charge in [0.25, 0.3) is 0 Å². The molecule has 0 aliphatic carbocycles. The highest BCUT2D eigenvalue weighted by atomic mass is 16.2. The van der Waals surface area contributed by atoms with Crippen molar-refractivity contribution < 1.29 is 9.59 Å². The van der Waals surface area contributed by atoms with Crippen LogP contribution in [0.1, 0.15) is 16.7 Å². The minimum atomic E-state index is -0.743. The summed E-state index contributed by atoms with van der Waals surface area (Å²) in [5, 5.41) is 5.10. The standard InChI is InChI=1S/C16H17N3O2/c1-10-8-11(2)14(12(3)9-10)19-16(21)15(20)18-13-6-4-5-7-17-13/h4-9H,1-3H3,(H,19,21)(H,17,18,20). The maximum absolute atomic E-state index is 12.0. The highest BCUT2D eigenvalue weighted by Crippen LogP contribution is 2.21. The Morgan fingerprint density at radius 2 is 1.57 bits per heavy atom. The zero-order chi connectivity index (χ0) is 15.4. The van der Waals surface area contributed by atoms with E-state index < -0.39 is 11.8 Å². The van der Waals surface area contributed by atoms with Gasteiger partial charge in [-0.25, -0.2) is 4.98 Å². The van der Waals surface area contributed by atoms with E-state index in [1.807, 2.05) is 32.9 Å². The van der Waals surface area contributed by atoms with Gasteiger partial charge < -0.3 is 10.6 Å². The van der Waals surface area contributed by atoms with Crippen LogP contribution in [-0.2, 0) is 9.59 Å². The van der Waals surface area contributed by atoms with Crippen molar-refractivity contribution in [3.8, 4) is 0 Å². The molecule has 2 N–H and O–H groups in total. The fraction of sp³-hybridized carbons (Fsp3) is 0.188. The molecule has 0 saturated heterocycles. The van der Waals surface area contributed by atoms with Gasteiger partial charge in [-0.2, -0.15) is 0 Å². The van der Waals surface area contributed by atoms with Crippen molar-refractivity contribution in [2.45, 2.75) is 20.8 Å². The van der Waals surface area contributed by atoms with Crippen LogP contribution in [0, 0.1) is 20.8 Å². The largest absolute Gasteiger partial charge is 0.317 e. The second-order valence-corrected chi connectivity index (χ2v) is 4.90. The number of nitrogens with zero attached hydrogens (tertiary/aromatic N) is 1. The third kappa shape index (κ3) is 3.66. The van der Waals surface area contributed by atoms with E-state index in [0.717, 1.165) is 16.7 Å². The number of carbonyl (C=O) groups excluding carboxylic acids is 2. The number of anilines is 2. The summed E-state index contributed by atoms with van der Waals surface area (Å²) in [5.41, 5.74) is 3.63. The van der Waals surface area contributed by atoms with Gasteiger partial charge in [-0.15, -0.1) is 0 Å². The molecule has 0 unspecified atom stereocenters. The Balaban J connectivity index is 2.10. The number of benzene rings is 1. The van der Waals surface area contributed by atoms with Crippen molar-refractivity contribution in [1.82, 2.24) is 4.98 Å². The first-order valence-electron chi connectivity index (χ1n) is 6.58. The first-order chi connectivity index (χ1) is 9.97. The Bertz CT molecular complexity index is 658. The van der Waals surface area contributed by atoms with Gasteiger partial charge in [0.1, 0.15) is 5.82 Å². The number of carbonyl (C=O) groups is 2. The Kier molecular flexibility index (Phi) is 4.33. The molecule has 0 saturated carbocycles. The summed E-state index contributed by atoms with van der Waals surface area (Å²) < 4.78 is 0. The number of nitrogens with one attached hydrogen (secondary N) is 2. The molecule has 0 atom stereocenters. The number of hydrogen-bond acceptors (Lipinski definition) is 3. The topological polar surface area (TPSA) is 71.1 Å². The van der Waals surface area contributed by atoms with Crippen LogP contribution in [0.25, 0.3) is 0 Å². The first-order valence-corrected chi connectivity index (χ1v) is 6.58. The summed E-state index contributed by atoms with van der Waals surface area (Å²) in [5.74, 6) is -1.11. The molecule has 0 spiro atoms. The molecule has 0 bridgehead atoms. The third-order valence-corrected chi connectivity index (χ3v) is 3.03. The average molecular weight is 283 g/mol. The molecule has 0 aliphatic rings. The number of aryl methyl sites for hydroxylation is 3. The van der Waals surface area contributed by atoms with E-state index in [1.54, 1.807) is 24.4 Å². The summed E-state index contributed by atoms with van der Waals surface area (Å²) in [6.45, 7) is 5.78. The molecule has 2 rings (SSSR count). The fourth-order valence-electron chi connectivity index (χ4n) is 2.16. The van der Waals surface area contributed by atoms with E-state index in [-0.39, 0.29) is 0 Å². The van der Waals surface area contributed by atoms with Gasteiger partial charge in [-0.05, 0) is 44.0 Å². The molecule has 0 aliphatic heterocycles. The molecule has 0 radical (unpaired) electrons. The summed E-state index contributed by atoms with van der Waals surface area (Å²) in [4.78, 5) is 27.7. The van der Waals surface area contributed by atoms with Gasteiger partial charge in [0, 0.05) is 11.9 Å². The Morgan fingerprint density at radius 3 is 2.14 bits per heavy atom. The van der Waals surface area contributed by atoms with Gasteiger partial charge >= 0.3 is 11.8 Å². The van der Waals surface area contributed by atoms with Gasteiger partial charge in [0.15, 0.2) is 0 Å². The Labute approximate surface area is 123 Å². The van der Waals surface area contributed by atoms with Crippen molar-refractivity contribution in [3.05, 3.63) is 53.2 Å². The van der Waals surface area contributed by atoms with Crippen LogP contribution >= 0.6 is 0 Å². The van der Waals surface area contributed by atoms with Crippen molar-refractivity contribution in [2.24, 2.45) is 0 Å². The van der Waals surface area contributed by atoms with E-state index in [0.29, 0.717) is 11.5 Å². The van der Waals surface area contributed by atoms with Crippen molar-refractivity contribution in [2.75, 3.05) is 10.6 Å². The summed E-state index contributed by atoms with van der Waals surface area (Å²) in [6.07, 6.45) is 1.54. The minimum Gasteiger partial charge on any atom is -0.317 e. The monoisotopic (exact) mass is 283 g/mol. The quantitative estimate of drug-likeness (QED) is 0.832. The average Bonchev–Trinajstić information content (AvgIpc) is 2.43. The maximum atomic E-state index is 12.0. The number of hydrogen-bond donors (Lipinski definition) is 2. The van der Waals surface area contributed by atoms with Crippen LogP contribution in [0.15, 0.2) is 36.5 Å². The van der Waals surface area contributed by atoms with Crippen molar-refractivity contribution in [1.29, 1.82) is 0 Å². The highest BCUT2D eigenvalue weighted by Gasteiger charge is 2.16. The lowest BCUT2D eigenvalue weighted by Crippen LogP contribution is -2.30. The van der Waals surface area contributed by atoms with Gasteiger partial charge in [0.05, 0.1) is 0 Å². The fourth-order valence-corrected chi connectivity index (χ4v) is 2.16. The van der Waals surface area contributed by atoms with E-state index >= 15 is 0 Å². The molecule has 108 valence electrons. The zero-order valence-corrected chi connectivity index (χ0v) is 12.2. The van der Waals surface area contributed by atoms with Crippen LogP contribution in [0.4, 0.5) is 11.5 Å². The molecule has 5 nitrogen and oxygen atoms in total. The predicted octanol–water partition coefficient (Wildman–Crippen LogP) is 2.58. The van der Waals surface area contributed by atoms with Crippen molar-refractivity contribution >= 4 is 23.3 Å². The zero-order valence-electron chi connectivity index (χ0n) is 12.2. The number of pyridine rings is 1. The molecule has 1 aromatic heterocycles. The third-order valence-electron chi connectivity index (χ3n) is 3.03. The molecular formula is C16H17N3O2. The van der Waals surface area contributed by atoms with Gasteiger partial charge in [-0.3, -0.25) is 9.59 Å². The van der Waals surface area contributed by atoms with Crippen molar-refractivity contribution in [3.63, 3.8) is 0 Å². The SMILES string of the molecule is Cc1cc(C)c(NC(=O)C(=O)Nc2ccccn2)c(C)c1. The molecule has 1 heterocycles. The Hall–Kier alpha value is -2.69. The van der Waals surface area contributed by atoms with E-state index in [2.05, 4.69) is 15.6 Å². The van der Waals surface area contributed by atoms with Crippen LogP contribution < -0.4 is 10.6 Å². The predicted molar refractivity (Wildman–Crippen MR) is 82.1 cm³/mol. The summed E-state index contributed by atoms with van der Waals surface area (Å²) in [6, 6.07) is 9.00. The molecule has 21 heavy (non-hydrogen) atoms. The number of amides is 2. The summed E-state index contributed by atoms with van der Waals surface area (Å²) >= 11 is 0. The molecule has 1 aromatic carbocycles. The second-order valence-electron chi connectivity index (χ2n) is 4.90. The van der Waals surface area contributed by atoms with Crippen LogP contribution in [0.3, 0.4) is 0 Å². The van der Waals surface area contributed by atoms with Crippen LogP contribution in [0.5, 0.6) is 0 Å². The maximum Gasteiger partial charge on any atom is 0.315 e. The minimum absolute atomic E-state index is 0.343. The molecular weight excluding hydrogens is 266 g/mol. The first kappa shape index (κ1) is 14.7. The normalized spacial score (nSPS) is 10.0. The molecule has 2 aromatic rings. The lowest BCUT2D eigenvalue weighted by molar-refractivity contribution is -0.133. The van der Waals surface area contributed by atoms with Crippen LogP contribution in [-0.4, -0.2) is 16.8 Å². The lowest BCUT2D eigenvalue weighted by Gasteiger charge is -2.12. The Morgan fingerprint density at radius 1 is 0.952 bits per heavy atom. The summed E-state index contributed by atoms with van der Waals surface area (Å²) in [7, 11) is 0. The van der Waals surface area contributed by atoms with Crippen LogP contribution in [0.2, 0.25) is 0 Å². The number of aromatic nitrogens is 1. The smallest absolute Gasteiger partial charge is 0.315 e. The van der Waals surface area contributed by atoms with E-state index in [1.165, 1.54) is 0 Å². The second kappa shape index (κ2) is 6.17. The van der Waals surface area contributed by atoms with Gasteiger partial charge in [0.2, 0.25) is 0 Å². The molecule has 5 heteroatoms. The molecule has 0 fully saturated rings. The molecule has 2 amide bonds. The lowest BCUT2D eigenvalue weighted by atomic mass is 10.1. The highest BCUT2D eigenvalue weighted by molar-refractivity contribution is 6.43. The van der Waals surface area contributed by atoms with E-state index in [9.17, 15) is 9.59 Å².